The van der Waals surface area contributed by atoms with Crippen molar-refractivity contribution < 1.29 is 4.39 Å². The molecule has 3 N–H and O–H groups in total. The van der Waals surface area contributed by atoms with E-state index < -0.39 is 0 Å². The van der Waals surface area contributed by atoms with Gasteiger partial charge in [-0.2, -0.15) is 0 Å². The first kappa shape index (κ1) is 11.6. The summed E-state index contributed by atoms with van der Waals surface area (Å²) in [6.45, 7) is 2.07. The Morgan fingerprint density at radius 2 is 2.25 bits per heavy atom. The van der Waals surface area contributed by atoms with Gasteiger partial charge in [-0.05, 0) is 43.9 Å². The van der Waals surface area contributed by atoms with Crippen molar-refractivity contribution in [3.63, 3.8) is 0 Å². The van der Waals surface area contributed by atoms with Gasteiger partial charge in [0.1, 0.15) is 5.82 Å². The molecule has 0 aromatic heterocycles. The zero-order chi connectivity index (χ0) is 11.5. The summed E-state index contributed by atoms with van der Waals surface area (Å²) in [6, 6.07) is 7.77. The van der Waals surface area contributed by atoms with Gasteiger partial charge in [-0.1, -0.05) is 12.1 Å². The molecular weight excluding hydrogens is 203 g/mol. The second-order valence-corrected chi connectivity index (χ2v) is 4.71. The average molecular weight is 222 g/mol. The molecule has 2 nitrogen and oxygen atoms in total. The fraction of sp³-hybridized carbons (Fsp3) is 0.538. The molecule has 1 saturated carbocycles. The van der Waals surface area contributed by atoms with Crippen LogP contribution < -0.4 is 11.1 Å². The molecule has 0 amide bonds. The maximum atomic E-state index is 13.1. The number of benzene rings is 1. The number of hydrogen-bond acceptors (Lipinski definition) is 2. The fourth-order valence-corrected chi connectivity index (χ4v) is 2.39. The summed E-state index contributed by atoms with van der Waals surface area (Å²) < 4.78 is 13.1. The van der Waals surface area contributed by atoms with Crippen LogP contribution in [0.1, 0.15) is 37.8 Å². The third-order valence-electron chi connectivity index (χ3n) is 3.31. The SMILES string of the molecule is C[C@@H](NC1CCC(N)C1)c1cccc(F)c1. The highest BCUT2D eigenvalue weighted by Gasteiger charge is 2.23. The van der Waals surface area contributed by atoms with E-state index in [9.17, 15) is 4.39 Å². The smallest absolute Gasteiger partial charge is 0.123 e. The number of nitrogens with two attached hydrogens (primary N) is 1. The van der Waals surface area contributed by atoms with E-state index in [1.165, 1.54) is 6.07 Å². The molecule has 2 rings (SSSR count). The normalized spacial score (nSPS) is 26.9. The zero-order valence-electron chi connectivity index (χ0n) is 9.62. The van der Waals surface area contributed by atoms with Crippen LogP contribution in [0.5, 0.6) is 0 Å². The van der Waals surface area contributed by atoms with Crippen LogP contribution in [0.4, 0.5) is 4.39 Å². The fourth-order valence-electron chi connectivity index (χ4n) is 2.39. The molecule has 3 heteroatoms. The van der Waals surface area contributed by atoms with Crippen LogP contribution in [0.2, 0.25) is 0 Å². The Labute approximate surface area is 96.0 Å². The number of rotatable bonds is 3. The van der Waals surface area contributed by atoms with E-state index in [2.05, 4.69) is 12.2 Å². The molecule has 0 spiro atoms. The lowest BCUT2D eigenvalue weighted by Crippen LogP contribution is -2.30. The maximum absolute atomic E-state index is 13.1. The molecule has 0 saturated heterocycles. The van der Waals surface area contributed by atoms with Crippen LogP contribution in [0.3, 0.4) is 0 Å². The minimum atomic E-state index is -0.172. The summed E-state index contributed by atoms with van der Waals surface area (Å²) in [7, 11) is 0. The highest BCUT2D eigenvalue weighted by molar-refractivity contribution is 5.19. The Balaban J connectivity index is 1.95. The summed E-state index contributed by atoms with van der Waals surface area (Å²) in [6.07, 6.45) is 3.24. The van der Waals surface area contributed by atoms with Crippen LogP contribution in [-0.2, 0) is 0 Å². The molecule has 2 unspecified atom stereocenters. The molecule has 1 aliphatic rings. The lowest BCUT2D eigenvalue weighted by atomic mass is 10.1. The van der Waals surface area contributed by atoms with Gasteiger partial charge < -0.3 is 11.1 Å². The van der Waals surface area contributed by atoms with Gasteiger partial charge in [0, 0.05) is 18.1 Å². The molecule has 3 atom stereocenters. The van der Waals surface area contributed by atoms with Crippen molar-refractivity contribution in [1.82, 2.24) is 5.32 Å². The van der Waals surface area contributed by atoms with Crippen LogP contribution >= 0.6 is 0 Å². The molecule has 0 bridgehead atoms. The van der Waals surface area contributed by atoms with Gasteiger partial charge in [-0.3, -0.25) is 0 Å². The van der Waals surface area contributed by atoms with Crippen molar-refractivity contribution in [2.45, 2.75) is 44.3 Å². The predicted molar refractivity (Wildman–Crippen MR) is 63.6 cm³/mol. The first-order valence-electron chi connectivity index (χ1n) is 5.92. The Morgan fingerprint density at radius 1 is 1.44 bits per heavy atom. The number of hydrogen-bond donors (Lipinski definition) is 2. The van der Waals surface area contributed by atoms with Crippen molar-refractivity contribution in [3.05, 3.63) is 35.6 Å². The van der Waals surface area contributed by atoms with Crippen molar-refractivity contribution in [2.24, 2.45) is 5.73 Å². The maximum Gasteiger partial charge on any atom is 0.123 e. The van der Waals surface area contributed by atoms with Gasteiger partial charge in [-0.25, -0.2) is 4.39 Å². The summed E-state index contributed by atoms with van der Waals surface area (Å²) in [5.74, 6) is -0.172. The van der Waals surface area contributed by atoms with Crippen LogP contribution in [0, 0.1) is 5.82 Å². The van der Waals surface area contributed by atoms with Crippen LogP contribution in [0.25, 0.3) is 0 Å². The molecule has 0 radical (unpaired) electrons. The number of nitrogens with one attached hydrogen (secondary N) is 1. The molecule has 1 fully saturated rings. The van der Waals surface area contributed by atoms with E-state index in [-0.39, 0.29) is 11.9 Å². The molecule has 1 aromatic carbocycles. The lowest BCUT2D eigenvalue weighted by Gasteiger charge is -2.19. The average Bonchev–Trinajstić information content (AvgIpc) is 2.64. The van der Waals surface area contributed by atoms with Gasteiger partial charge >= 0.3 is 0 Å². The zero-order valence-corrected chi connectivity index (χ0v) is 9.62. The Bertz CT molecular complexity index is 354. The van der Waals surface area contributed by atoms with Gasteiger partial charge in [0.15, 0.2) is 0 Å². The van der Waals surface area contributed by atoms with Crippen molar-refractivity contribution in [2.75, 3.05) is 0 Å². The largest absolute Gasteiger partial charge is 0.328 e. The quantitative estimate of drug-likeness (QED) is 0.824. The van der Waals surface area contributed by atoms with E-state index in [1.807, 2.05) is 6.07 Å². The monoisotopic (exact) mass is 222 g/mol. The second-order valence-electron chi connectivity index (χ2n) is 4.71. The van der Waals surface area contributed by atoms with Crippen molar-refractivity contribution in [3.8, 4) is 0 Å². The summed E-state index contributed by atoms with van der Waals surface area (Å²) in [5, 5.41) is 3.51. The van der Waals surface area contributed by atoms with Gasteiger partial charge in [0.2, 0.25) is 0 Å². The lowest BCUT2D eigenvalue weighted by molar-refractivity contribution is 0.455. The molecule has 16 heavy (non-hydrogen) atoms. The Morgan fingerprint density at radius 3 is 2.88 bits per heavy atom. The van der Waals surface area contributed by atoms with Gasteiger partial charge in [-0.15, -0.1) is 0 Å². The Kier molecular flexibility index (Phi) is 3.56. The van der Waals surface area contributed by atoms with E-state index in [0.717, 1.165) is 24.8 Å². The van der Waals surface area contributed by atoms with E-state index >= 15 is 0 Å². The Hall–Kier alpha value is -0.930. The van der Waals surface area contributed by atoms with Crippen molar-refractivity contribution in [1.29, 1.82) is 0 Å². The van der Waals surface area contributed by atoms with Crippen LogP contribution in [-0.4, -0.2) is 12.1 Å². The van der Waals surface area contributed by atoms with E-state index in [0.29, 0.717) is 12.1 Å². The van der Waals surface area contributed by atoms with Crippen molar-refractivity contribution >= 4 is 0 Å². The highest BCUT2D eigenvalue weighted by atomic mass is 19.1. The van der Waals surface area contributed by atoms with Gasteiger partial charge in [0.25, 0.3) is 0 Å². The second kappa shape index (κ2) is 4.93. The topological polar surface area (TPSA) is 38.0 Å². The summed E-state index contributed by atoms with van der Waals surface area (Å²) in [5.41, 5.74) is 6.86. The molecule has 1 aromatic rings. The van der Waals surface area contributed by atoms with Gasteiger partial charge in [0.05, 0.1) is 0 Å². The molecular formula is C13H19FN2. The minimum absolute atomic E-state index is 0.172. The predicted octanol–water partition coefficient (Wildman–Crippen LogP) is 2.36. The number of halogens is 1. The summed E-state index contributed by atoms with van der Waals surface area (Å²) in [4.78, 5) is 0. The molecule has 0 aliphatic heterocycles. The first-order valence-corrected chi connectivity index (χ1v) is 5.92. The van der Waals surface area contributed by atoms with Crippen LogP contribution in [0.15, 0.2) is 24.3 Å². The molecule has 1 aliphatic carbocycles. The molecule has 0 heterocycles. The van der Waals surface area contributed by atoms with E-state index in [1.54, 1.807) is 12.1 Å². The minimum Gasteiger partial charge on any atom is -0.328 e. The standard InChI is InChI=1S/C13H19FN2/c1-9(10-3-2-4-11(14)7-10)16-13-6-5-12(15)8-13/h2-4,7,9,12-13,16H,5-6,8,15H2,1H3/t9-,12?,13?/m1/s1. The van der Waals surface area contributed by atoms with E-state index in [4.69, 9.17) is 5.73 Å². The third-order valence-corrected chi connectivity index (χ3v) is 3.31. The highest BCUT2D eigenvalue weighted by Crippen LogP contribution is 2.21. The molecule has 88 valence electrons. The third kappa shape index (κ3) is 2.80. The first-order chi connectivity index (χ1) is 7.65. The summed E-state index contributed by atoms with van der Waals surface area (Å²) >= 11 is 0.